The van der Waals surface area contributed by atoms with Crippen LogP contribution >= 0.6 is 0 Å². The molecule has 0 aliphatic rings. The van der Waals surface area contributed by atoms with E-state index in [0.29, 0.717) is 5.82 Å². The molecule has 0 saturated heterocycles. The third kappa shape index (κ3) is 5.68. The van der Waals surface area contributed by atoms with E-state index < -0.39 is 0 Å². The highest BCUT2D eigenvalue weighted by molar-refractivity contribution is 6.25. The minimum absolute atomic E-state index is 0.669. The Balaban J connectivity index is 1.04. The van der Waals surface area contributed by atoms with Gasteiger partial charge >= 0.3 is 0 Å². The number of hydrogen-bond acceptors (Lipinski definition) is 4. The number of para-hydroxylation sites is 5. The molecule has 15 rings (SSSR count). The molecule has 15 aromatic rings. The van der Waals surface area contributed by atoms with E-state index >= 15 is 0 Å². The quantitative estimate of drug-likeness (QED) is 0.167. The van der Waals surface area contributed by atoms with E-state index in [4.69, 9.17) is 18.8 Å². The maximum atomic E-state index is 6.77. The van der Waals surface area contributed by atoms with Crippen molar-refractivity contribution in [3.05, 3.63) is 231 Å². The third-order valence-corrected chi connectivity index (χ3v) is 14.2. The number of furan rings is 2. The van der Waals surface area contributed by atoms with Gasteiger partial charge in [0.2, 0.25) is 0 Å². The number of fused-ring (bicyclic) bond motifs is 14. The highest BCUT2D eigenvalue weighted by atomic mass is 16.3. The molecule has 6 heteroatoms. The van der Waals surface area contributed by atoms with Gasteiger partial charge in [0.25, 0.3) is 0 Å². The first kappa shape index (κ1) is 38.6. The lowest BCUT2D eigenvalue weighted by molar-refractivity contribution is 0.672. The Hall–Kier alpha value is -9.52. The zero-order valence-corrected chi connectivity index (χ0v) is 37.5. The Morgan fingerprint density at radius 3 is 1.37 bits per heavy atom. The van der Waals surface area contributed by atoms with E-state index in [-0.39, 0.29) is 0 Å². The molecule has 0 aliphatic heterocycles. The molecular weight excluding hydrogens is 857 g/mol. The summed E-state index contributed by atoms with van der Waals surface area (Å²) in [6, 6.07) is 81.3. The van der Waals surface area contributed by atoms with Gasteiger partial charge < -0.3 is 18.0 Å². The van der Waals surface area contributed by atoms with E-state index in [2.05, 4.69) is 203 Å². The van der Waals surface area contributed by atoms with Gasteiger partial charge in [0, 0.05) is 60.1 Å². The van der Waals surface area contributed by atoms with Crippen LogP contribution in [0.25, 0.3) is 144 Å². The highest BCUT2D eigenvalue weighted by Crippen LogP contribution is 2.46. The molecule has 5 heterocycles. The lowest BCUT2D eigenvalue weighted by Crippen LogP contribution is -2.02. The predicted molar refractivity (Wildman–Crippen MR) is 287 cm³/mol. The second-order valence-corrected chi connectivity index (χ2v) is 18.0. The van der Waals surface area contributed by atoms with Gasteiger partial charge in [-0.3, -0.25) is 0 Å². The zero-order valence-electron chi connectivity index (χ0n) is 37.5. The number of hydrogen-bond donors (Lipinski definition) is 0. The fourth-order valence-corrected chi connectivity index (χ4v) is 11.1. The van der Waals surface area contributed by atoms with E-state index in [0.717, 1.165) is 138 Å². The summed E-state index contributed by atoms with van der Waals surface area (Å²) in [5, 5.41) is 8.85. The number of rotatable bonds is 6. The molecule has 0 aliphatic carbocycles. The van der Waals surface area contributed by atoms with Gasteiger partial charge in [0.1, 0.15) is 22.3 Å². The van der Waals surface area contributed by atoms with E-state index in [9.17, 15) is 0 Å². The molecule has 10 aromatic carbocycles. The smallest absolute Gasteiger partial charge is 0.160 e. The first-order valence-electron chi connectivity index (χ1n) is 23.6. The fraction of sp³-hybridized carbons (Fsp3) is 0. The molecular formula is C64H38N4O2. The van der Waals surface area contributed by atoms with Crippen LogP contribution in [0.5, 0.6) is 0 Å². The molecule has 0 saturated carbocycles. The number of nitrogens with zero attached hydrogens (tertiary/aromatic N) is 4. The second-order valence-electron chi connectivity index (χ2n) is 18.0. The van der Waals surface area contributed by atoms with Crippen molar-refractivity contribution in [1.82, 2.24) is 19.1 Å². The Labute approximate surface area is 400 Å². The second kappa shape index (κ2) is 15.0. The van der Waals surface area contributed by atoms with Gasteiger partial charge in [-0.2, -0.15) is 0 Å². The van der Waals surface area contributed by atoms with Crippen molar-refractivity contribution < 1.29 is 8.83 Å². The minimum atomic E-state index is 0.669. The summed E-state index contributed by atoms with van der Waals surface area (Å²) >= 11 is 0. The van der Waals surface area contributed by atoms with Crippen molar-refractivity contribution in [1.29, 1.82) is 0 Å². The molecule has 0 amide bonds. The third-order valence-electron chi connectivity index (χ3n) is 14.2. The molecule has 0 fully saturated rings. The zero-order chi connectivity index (χ0) is 45.9. The molecule has 326 valence electrons. The summed E-state index contributed by atoms with van der Waals surface area (Å²) in [6.07, 6.45) is 0. The topological polar surface area (TPSA) is 61.9 Å². The van der Waals surface area contributed by atoms with Crippen LogP contribution in [0, 0.1) is 0 Å². The highest BCUT2D eigenvalue weighted by Gasteiger charge is 2.25. The van der Waals surface area contributed by atoms with Crippen molar-refractivity contribution in [2.24, 2.45) is 0 Å². The fourth-order valence-electron chi connectivity index (χ4n) is 11.1. The Morgan fingerprint density at radius 2 is 0.771 bits per heavy atom. The van der Waals surface area contributed by atoms with Crippen molar-refractivity contribution in [3.63, 3.8) is 0 Å². The van der Waals surface area contributed by atoms with Crippen molar-refractivity contribution in [2.75, 3.05) is 0 Å². The average molecular weight is 895 g/mol. The van der Waals surface area contributed by atoms with Crippen LogP contribution in [0.4, 0.5) is 0 Å². The SMILES string of the molecule is c1ccc(-c2cc(-c3ccc(-n4c5ccccc5c5c6oc7ccccc7c6ccc54)c(-c4ccccc4-n4c5ccccc5c5c6oc7ccccc7c6ccc54)c3)nc(-c3ccccc3)n2)cc1. The van der Waals surface area contributed by atoms with Crippen LogP contribution in [0.3, 0.4) is 0 Å². The molecule has 0 atom stereocenters. The van der Waals surface area contributed by atoms with E-state index in [1.807, 2.05) is 36.4 Å². The van der Waals surface area contributed by atoms with Crippen molar-refractivity contribution in [2.45, 2.75) is 0 Å². The largest absolute Gasteiger partial charge is 0.455 e. The Morgan fingerprint density at radius 1 is 0.300 bits per heavy atom. The number of aromatic nitrogens is 4. The molecule has 6 nitrogen and oxygen atoms in total. The molecule has 0 bridgehead atoms. The van der Waals surface area contributed by atoms with Gasteiger partial charge in [-0.15, -0.1) is 0 Å². The average Bonchev–Trinajstić information content (AvgIpc) is 4.19. The first-order valence-corrected chi connectivity index (χ1v) is 23.6. The minimum Gasteiger partial charge on any atom is -0.455 e. The first-order chi connectivity index (χ1) is 34.7. The molecule has 0 radical (unpaired) electrons. The Bertz CT molecular complexity index is 4540. The molecule has 0 unspecified atom stereocenters. The van der Waals surface area contributed by atoms with Gasteiger partial charge in [0.05, 0.1) is 55.6 Å². The summed E-state index contributed by atoms with van der Waals surface area (Å²) in [6.45, 7) is 0. The maximum Gasteiger partial charge on any atom is 0.160 e. The summed E-state index contributed by atoms with van der Waals surface area (Å²) in [7, 11) is 0. The molecule has 0 spiro atoms. The van der Waals surface area contributed by atoms with Crippen LogP contribution in [-0.4, -0.2) is 19.1 Å². The van der Waals surface area contributed by atoms with Gasteiger partial charge in [0.15, 0.2) is 5.82 Å². The molecule has 5 aromatic heterocycles. The normalized spacial score (nSPS) is 12.0. The van der Waals surface area contributed by atoms with E-state index in [1.54, 1.807) is 0 Å². The summed E-state index contributed by atoms with van der Waals surface area (Å²) in [5.74, 6) is 0.669. The predicted octanol–water partition coefficient (Wildman–Crippen LogP) is 17.1. The lowest BCUT2D eigenvalue weighted by atomic mass is 9.96. The van der Waals surface area contributed by atoms with Crippen LogP contribution in [-0.2, 0) is 0 Å². The summed E-state index contributed by atoms with van der Waals surface area (Å²) in [4.78, 5) is 10.5. The molecule has 0 N–H and O–H groups in total. The monoisotopic (exact) mass is 894 g/mol. The molecule has 70 heavy (non-hydrogen) atoms. The number of benzene rings is 10. The maximum absolute atomic E-state index is 6.77. The lowest BCUT2D eigenvalue weighted by Gasteiger charge is -2.20. The van der Waals surface area contributed by atoms with Crippen LogP contribution in [0.15, 0.2) is 239 Å². The summed E-state index contributed by atoms with van der Waals surface area (Å²) in [5.41, 5.74) is 16.6. The Kier molecular flexibility index (Phi) is 8.26. The standard InChI is InChI=1S/C64H38N4O2/c1-3-17-39(18-4-1)50-38-51(66-64(65-50)40-19-5-2-6-20-40)41-31-34-55(68-54-28-14-9-25-48(54)61-57(68)36-33-46-44-23-11-16-30-59(44)70-63(46)61)49(37-41)42-21-7-12-26-52(42)67-53-27-13-8-24-47(53)60-56(67)35-32-45-43-22-10-15-29-58(43)69-62(45)60/h1-38H. The van der Waals surface area contributed by atoms with Crippen LogP contribution in [0.2, 0.25) is 0 Å². The van der Waals surface area contributed by atoms with E-state index in [1.165, 1.54) is 0 Å². The van der Waals surface area contributed by atoms with Crippen LogP contribution < -0.4 is 0 Å². The van der Waals surface area contributed by atoms with Gasteiger partial charge in [-0.1, -0.05) is 158 Å². The van der Waals surface area contributed by atoms with Gasteiger partial charge in [-0.25, -0.2) is 9.97 Å². The summed E-state index contributed by atoms with van der Waals surface area (Å²) < 4.78 is 18.4. The van der Waals surface area contributed by atoms with Crippen molar-refractivity contribution in [3.8, 4) is 56.4 Å². The van der Waals surface area contributed by atoms with Gasteiger partial charge in [-0.05, 0) is 72.8 Å². The van der Waals surface area contributed by atoms with Crippen LogP contribution in [0.1, 0.15) is 0 Å². The van der Waals surface area contributed by atoms with Crippen molar-refractivity contribution >= 4 is 87.5 Å².